The molecular formula is C17H34N2O2. The van der Waals surface area contributed by atoms with E-state index in [0.717, 1.165) is 19.3 Å². The highest BCUT2D eigenvalue weighted by molar-refractivity contribution is 5.06. The Morgan fingerprint density at radius 3 is 2.05 bits per heavy atom. The molecule has 2 rings (SSSR count). The average Bonchev–Trinajstić information content (AvgIpc) is 2.58. The van der Waals surface area contributed by atoms with Crippen molar-refractivity contribution < 1.29 is 9.47 Å². The van der Waals surface area contributed by atoms with Crippen LogP contribution < -0.4 is 11.3 Å². The van der Waals surface area contributed by atoms with Crippen molar-refractivity contribution in [1.82, 2.24) is 5.43 Å². The first kappa shape index (κ1) is 17.2. The lowest BCUT2D eigenvalue weighted by atomic mass is 9.72. The summed E-state index contributed by atoms with van der Waals surface area (Å²) in [5, 5.41) is 0. The lowest BCUT2D eigenvalue weighted by Crippen LogP contribution is -2.61. The zero-order chi connectivity index (χ0) is 15.7. The molecule has 0 aromatic carbocycles. The number of nitrogens with one attached hydrogen (secondary N) is 1. The van der Waals surface area contributed by atoms with E-state index in [-0.39, 0.29) is 22.8 Å². The van der Waals surface area contributed by atoms with Gasteiger partial charge in [0.05, 0.1) is 22.8 Å². The van der Waals surface area contributed by atoms with Gasteiger partial charge in [-0.2, -0.15) is 0 Å². The van der Waals surface area contributed by atoms with Crippen LogP contribution >= 0.6 is 0 Å². The minimum Gasteiger partial charge on any atom is -0.377 e. The summed E-state index contributed by atoms with van der Waals surface area (Å²) in [6.45, 7) is 8.73. The van der Waals surface area contributed by atoms with Gasteiger partial charge in [0.25, 0.3) is 0 Å². The molecule has 3 N–H and O–H groups in total. The molecule has 1 heterocycles. The lowest BCUT2D eigenvalue weighted by molar-refractivity contribution is -0.108. The van der Waals surface area contributed by atoms with Crippen molar-refractivity contribution >= 4 is 0 Å². The van der Waals surface area contributed by atoms with Gasteiger partial charge < -0.3 is 9.47 Å². The Labute approximate surface area is 130 Å². The van der Waals surface area contributed by atoms with Crippen molar-refractivity contribution in [3.63, 3.8) is 0 Å². The first-order chi connectivity index (χ1) is 9.76. The Balaban J connectivity index is 2.28. The van der Waals surface area contributed by atoms with Crippen LogP contribution in [0.2, 0.25) is 0 Å². The third-order valence-corrected chi connectivity index (χ3v) is 5.65. The molecule has 2 unspecified atom stereocenters. The van der Waals surface area contributed by atoms with Gasteiger partial charge in [-0.15, -0.1) is 0 Å². The normalized spacial score (nSPS) is 32.6. The fourth-order valence-corrected chi connectivity index (χ4v) is 4.73. The second-order valence-corrected chi connectivity index (χ2v) is 8.10. The van der Waals surface area contributed by atoms with Crippen molar-refractivity contribution in [2.45, 2.75) is 95.5 Å². The summed E-state index contributed by atoms with van der Waals surface area (Å²) in [6.07, 6.45) is 8.25. The number of methoxy groups -OCH3 is 1. The number of hydrogen-bond donors (Lipinski definition) is 2. The van der Waals surface area contributed by atoms with Gasteiger partial charge in [0.1, 0.15) is 0 Å². The smallest absolute Gasteiger partial charge is 0.0848 e. The molecule has 0 spiro atoms. The molecule has 2 aliphatic rings. The molecule has 1 saturated heterocycles. The number of hydrazine groups is 1. The van der Waals surface area contributed by atoms with Crippen LogP contribution in [0.15, 0.2) is 0 Å². The van der Waals surface area contributed by atoms with Crippen molar-refractivity contribution in [3.8, 4) is 0 Å². The summed E-state index contributed by atoms with van der Waals surface area (Å²) >= 11 is 0. The second kappa shape index (κ2) is 6.15. The molecule has 1 aliphatic carbocycles. The summed E-state index contributed by atoms with van der Waals surface area (Å²) in [5.74, 6) is 6.38. The van der Waals surface area contributed by atoms with E-state index in [1.165, 1.54) is 25.7 Å². The van der Waals surface area contributed by atoms with Crippen molar-refractivity contribution in [1.29, 1.82) is 0 Å². The van der Waals surface area contributed by atoms with E-state index < -0.39 is 0 Å². The molecule has 0 radical (unpaired) electrons. The average molecular weight is 298 g/mol. The van der Waals surface area contributed by atoms with Crippen LogP contribution in [0.1, 0.15) is 72.6 Å². The Bertz CT molecular complexity index is 347. The molecule has 2 fully saturated rings. The van der Waals surface area contributed by atoms with Gasteiger partial charge in [-0.25, -0.2) is 0 Å². The number of nitrogens with two attached hydrogens (primary N) is 1. The van der Waals surface area contributed by atoms with Crippen LogP contribution in [0, 0.1) is 5.92 Å². The van der Waals surface area contributed by atoms with Gasteiger partial charge in [0.15, 0.2) is 0 Å². The Morgan fingerprint density at radius 1 is 1.10 bits per heavy atom. The molecule has 1 saturated carbocycles. The topological polar surface area (TPSA) is 56.5 Å². The Morgan fingerprint density at radius 2 is 1.67 bits per heavy atom. The monoisotopic (exact) mass is 298 g/mol. The molecule has 124 valence electrons. The Kier molecular flexibility index (Phi) is 5.04. The Hall–Kier alpha value is -0.160. The fraction of sp³-hybridized carbons (Fsp3) is 1.00. The number of ether oxygens (including phenoxy) is 2. The first-order valence-corrected chi connectivity index (χ1v) is 8.48. The minimum atomic E-state index is -0.182. The van der Waals surface area contributed by atoms with E-state index in [0.29, 0.717) is 5.92 Å². The molecule has 4 heteroatoms. The highest BCUT2D eigenvalue weighted by atomic mass is 16.5. The summed E-state index contributed by atoms with van der Waals surface area (Å²) in [7, 11) is 1.85. The molecule has 0 aromatic rings. The van der Waals surface area contributed by atoms with Crippen LogP contribution in [-0.2, 0) is 9.47 Å². The van der Waals surface area contributed by atoms with Crippen molar-refractivity contribution in [2.75, 3.05) is 7.11 Å². The molecule has 1 aliphatic heterocycles. The summed E-state index contributed by atoms with van der Waals surface area (Å²) in [5.41, 5.74) is 2.69. The maximum Gasteiger partial charge on any atom is 0.0848 e. The van der Waals surface area contributed by atoms with Crippen LogP contribution in [0.5, 0.6) is 0 Å². The third kappa shape index (κ3) is 3.44. The standard InChI is InChI=1S/C17H34N2O2/c1-15(2)12-13(16(3,4)21-15)14(19-18)17(20-5)10-8-6-7-9-11-17/h13-14,19H,6-12,18H2,1-5H3. The van der Waals surface area contributed by atoms with Gasteiger partial charge in [-0.1, -0.05) is 25.7 Å². The van der Waals surface area contributed by atoms with Crippen LogP contribution in [0.4, 0.5) is 0 Å². The number of hydrogen-bond acceptors (Lipinski definition) is 4. The van der Waals surface area contributed by atoms with E-state index >= 15 is 0 Å². The van der Waals surface area contributed by atoms with E-state index in [4.69, 9.17) is 15.3 Å². The largest absolute Gasteiger partial charge is 0.377 e. The fourth-order valence-electron chi connectivity index (χ4n) is 4.73. The predicted molar refractivity (Wildman–Crippen MR) is 85.9 cm³/mol. The van der Waals surface area contributed by atoms with Crippen molar-refractivity contribution in [3.05, 3.63) is 0 Å². The lowest BCUT2D eigenvalue weighted by Gasteiger charge is -2.45. The highest BCUT2D eigenvalue weighted by Crippen LogP contribution is 2.48. The first-order valence-electron chi connectivity index (χ1n) is 8.48. The maximum atomic E-state index is 6.29. The van der Waals surface area contributed by atoms with E-state index in [2.05, 4.69) is 33.1 Å². The van der Waals surface area contributed by atoms with Gasteiger partial charge >= 0.3 is 0 Å². The zero-order valence-electron chi connectivity index (χ0n) is 14.5. The summed E-state index contributed by atoms with van der Waals surface area (Å²) < 4.78 is 12.4. The molecule has 4 nitrogen and oxygen atoms in total. The van der Waals surface area contributed by atoms with Crippen LogP contribution in [-0.4, -0.2) is 30.0 Å². The van der Waals surface area contributed by atoms with Gasteiger partial charge in [0, 0.05) is 13.0 Å². The third-order valence-electron chi connectivity index (χ3n) is 5.65. The zero-order valence-corrected chi connectivity index (χ0v) is 14.5. The summed E-state index contributed by atoms with van der Waals surface area (Å²) in [6, 6.07) is 0.136. The minimum absolute atomic E-state index is 0.0943. The van der Waals surface area contributed by atoms with Crippen molar-refractivity contribution in [2.24, 2.45) is 11.8 Å². The molecular weight excluding hydrogens is 264 g/mol. The van der Waals surface area contributed by atoms with E-state index in [1.54, 1.807) is 0 Å². The molecule has 0 bridgehead atoms. The van der Waals surface area contributed by atoms with Gasteiger partial charge in [-0.05, 0) is 47.0 Å². The predicted octanol–water partition coefficient (Wildman–Crippen LogP) is 3.15. The molecule has 2 atom stereocenters. The molecule has 0 aromatic heterocycles. The van der Waals surface area contributed by atoms with E-state index in [9.17, 15) is 0 Å². The quantitative estimate of drug-likeness (QED) is 0.475. The van der Waals surface area contributed by atoms with Crippen LogP contribution in [0.25, 0.3) is 0 Å². The number of rotatable bonds is 4. The SMILES string of the molecule is COC1(C(NN)C2CC(C)(C)OC2(C)C)CCCCCC1. The highest BCUT2D eigenvalue weighted by Gasteiger charge is 2.54. The molecule has 21 heavy (non-hydrogen) atoms. The molecule has 0 amide bonds. The van der Waals surface area contributed by atoms with Crippen LogP contribution in [0.3, 0.4) is 0 Å². The van der Waals surface area contributed by atoms with Gasteiger partial charge in [0.2, 0.25) is 0 Å². The van der Waals surface area contributed by atoms with E-state index in [1.807, 2.05) is 7.11 Å². The summed E-state index contributed by atoms with van der Waals surface area (Å²) in [4.78, 5) is 0. The second-order valence-electron chi connectivity index (χ2n) is 8.10. The van der Waals surface area contributed by atoms with Gasteiger partial charge in [-0.3, -0.25) is 11.3 Å². The maximum absolute atomic E-state index is 6.29.